The fourth-order valence-corrected chi connectivity index (χ4v) is 2.74. The Morgan fingerprint density at radius 1 is 1.48 bits per heavy atom. The standard InChI is InChI=1S/C14H16ClFN2O3/c1-8-3-2-6-18(12(8)13(19)20)14(21)17-11-7-9(15)4-5-10(11)16/h4-5,7-8,12H,2-3,6H2,1H3,(H,17,21)(H,19,20). The van der Waals surface area contributed by atoms with Crippen molar-refractivity contribution in [2.24, 2.45) is 5.92 Å². The molecule has 1 fully saturated rings. The van der Waals surface area contributed by atoms with Crippen LogP contribution in [-0.4, -0.2) is 34.6 Å². The van der Waals surface area contributed by atoms with Gasteiger partial charge in [-0.1, -0.05) is 18.5 Å². The van der Waals surface area contributed by atoms with E-state index in [-0.39, 0.29) is 16.6 Å². The Hall–Kier alpha value is -1.82. The van der Waals surface area contributed by atoms with Crippen LogP contribution in [0.2, 0.25) is 5.02 Å². The van der Waals surface area contributed by atoms with Gasteiger partial charge in [0.1, 0.15) is 11.9 Å². The summed E-state index contributed by atoms with van der Waals surface area (Å²) in [6.45, 7) is 2.12. The van der Waals surface area contributed by atoms with Gasteiger partial charge in [-0.25, -0.2) is 14.0 Å². The Morgan fingerprint density at radius 3 is 2.86 bits per heavy atom. The van der Waals surface area contributed by atoms with E-state index in [1.807, 2.05) is 0 Å². The number of benzene rings is 1. The second kappa shape index (κ2) is 6.30. The van der Waals surface area contributed by atoms with Gasteiger partial charge in [0.15, 0.2) is 0 Å². The zero-order chi connectivity index (χ0) is 15.6. The number of nitrogens with zero attached hydrogens (tertiary/aromatic N) is 1. The van der Waals surface area contributed by atoms with Gasteiger partial charge >= 0.3 is 12.0 Å². The monoisotopic (exact) mass is 314 g/mol. The zero-order valence-corrected chi connectivity index (χ0v) is 12.2. The average molecular weight is 315 g/mol. The van der Waals surface area contributed by atoms with Crippen molar-refractivity contribution in [2.75, 3.05) is 11.9 Å². The molecular weight excluding hydrogens is 299 g/mol. The number of halogens is 2. The summed E-state index contributed by atoms with van der Waals surface area (Å²) >= 11 is 5.76. The van der Waals surface area contributed by atoms with Gasteiger partial charge in [-0.2, -0.15) is 0 Å². The normalized spacial score (nSPS) is 22.0. The number of amides is 2. The van der Waals surface area contributed by atoms with Crippen LogP contribution in [0.15, 0.2) is 18.2 Å². The molecule has 0 radical (unpaired) electrons. The summed E-state index contributed by atoms with van der Waals surface area (Å²) in [4.78, 5) is 24.8. The molecule has 0 aliphatic carbocycles. The van der Waals surface area contributed by atoms with Crippen molar-refractivity contribution in [1.29, 1.82) is 0 Å². The summed E-state index contributed by atoms with van der Waals surface area (Å²) in [7, 11) is 0. The SMILES string of the molecule is CC1CCCN(C(=O)Nc2cc(Cl)ccc2F)C1C(=O)O. The first-order valence-electron chi connectivity index (χ1n) is 6.65. The van der Waals surface area contributed by atoms with Gasteiger partial charge in [0, 0.05) is 11.6 Å². The Labute approximate surface area is 126 Å². The molecule has 2 N–H and O–H groups in total. The highest BCUT2D eigenvalue weighted by atomic mass is 35.5. The highest BCUT2D eigenvalue weighted by Gasteiger charge is 2.37. The van der Waals surface area contributed by atoms with Gasteiger partial charge in [-0.05, 0) is 37.0 Å². The number of urea groups is 1. The lowest BCUT2D eigenvalue weighted by atomic mass is 9.91. The predicted molar refractivity (Wildman–Crippen MR) is 77.0 cm³/mol. The number of carbonyl (C=O) groups is 2. The van der Waals surface area contributed by atoms with Crippen LogP contribution in [0.5, 0.6) is 0 Å². The maximum absolute atomic E-state index is 13.6. The van der Waals surface area contributed by atoms with Crippen LogP contribution >= 0.6 is 11.6 Å². The maximum Gasteiger partial charge on any atom is 0.326 e. The number of likely N-dealkylation sites (tertiary alicyclic amines) is 1. The largest absolute Gasteiger partial charge is 0.480 e. The number of aliphatic carboxylic acids is 1. The van der Waals surface area contributed by atoms with E-state index in [2.05, 4.69) is 5.32 Å². The average Bonchev–Trinajstić information content (AvgIpc) is 2.42. The van der Waals surface area contributed by atoms with Crippen molar-refractivity contribution < 1.29 is 19.1 Å². The molecule has 7 heteroatoms. The summed E-state index contributed by atoms with van der Waals surface area (Å²) in [6.07, 6.45) is 1.46. The molecule has 0 spiro atoms. The Bertz CT molecular complexity index is 567. The number of anilines is 1. The molecule has 1 heterocycles. The zero-order valence-electron chi connectivity index (χ0n) is 11.5. The van der Waals surface area contributed by atoms with Crippen LogP contribution in [-0.2, 0) is 4.79 Å². The molecular formula is C14H16ClFN2O3. The van der Waals surface area contributed by atoms with Crippen molar-refractivity contribution in [3.05, 3.63) is 29.0 Å². The van der Waals surface area contributed by atoms with Crippen LogP contribution in [0.4, 0.5) is 14.9 Å². The van der Waals surface area contributed by atoms with Crippen LogP contribution in [0.1, 0.15) is 19.8 Å². The molecule has 114 valence electrons. The molecule has 1 aliphatic rings. The molecule has 5 nitrogen and oxygen atoms in total. The van der Waals surface area contributed by atoms with Crippen molar-refractivity contribution in [1.82, 2.24) is 4.90 Å². The highest BCUT2D eigenvalue weighted by Crippen LogP contribution is 2.25. The molecule has 1 saturated heterocycles. The number of piperidine rings is 1. The van der Waals surface area contributed by atoms with Crippen LogP contribution < -0.4 is 5.32 Å². The first kappa shape index (κ1) is 15.6. The Balaban J connectivity index is 2.18. The van der Waals surface area contributed by atoms with E-state index in [0.717, 1.165) is 18.9 Å². The molecule has 0 aromatic heterocycles. The lowest BCUT2D eigenvalue weighted by Crippen LogP contribution is -2.53. The first-order chi connectivity index (χ1) is 9.90. The minimum atomic E-state index is -1.05. The van der Waals surface area contributed by atoms with E-state index in [4.69, 9.17) is 11.6 Å². The van der Waals surface area contributed by atoms with E-state index >= 15 is 0 Å². The van der Waals surface area contributed by atoms with Gasteiger partial charge in [-0.15, -0.1) is 0 Å². The molecule has 0 saturated carbocycles. The molecule has 2 amide bonds. The van der Waals surface area contributed by atoms with Crippen molar-refractivity contribution in [3.63, 3.8) is 0 Å². The third-order valence-corrected chi connectivity index (χ3v) is 3.85. The molecule has 21 heavy (non-hydrogen) atoms. The number of carboxylic acid groups (broad SMARTS) is 1. The number of hydrogen-bond donors (Lipinski definition) is 2. The molecule has 1 aliphatic heterocycles. The molecule has 1 aromatic carbocycles. The number of carbonyl (C=O) groups excluding carboxylic acids is 1. The van der Waals surface area contributed by atoms with Crippen molar-refractivity contribution >= 4 is 29.3 Å². The third kappa shape index (κ3) is 3.44. The first-order valence-corrected chi connectivity index (χ1v) is 7.03. The smallest absolute Gasteiger partial charge is 0.326 e. The van der Waals surface area contributed by atoms with E-state index < -0.39 is 23.9 Å². The lowest BCUT2D eigenvalue weighted by molar-refractivity contribution is -0.145. The van der Waals surface area contributed by atoms with Gasteiger partial charge in [0.2, 0.25) is 0 Å². The Kier molecular flexibility index (Phi) is 4.67. The van der Waals surface area contributed by atoms with E-state index in [1.54, 1.807) is 6.92 Å². The van der Waals surface area contributed by atoms with E-state index in [9.17, 15) is 19.1 Å². The molecule has 2 rings (SSSR count). The minimum absolute atomic E-state index is 0.0603. The lowest BCUT2D eigenvalue weighted by Gasteiger charge is -2.37. The van der Waals surface area contributed by atoms with Gasteiger partial charge < -0.3 is 15.3 Å². The number of nitrogens with one attached hydrogen (secondary N) is 1. The predicted octanol–water partition coefficient (Wildman–Crippen LogP) is 3.20. The van der Waals surface area contributed by atoms with E-state index in [0.29, 0.717) is 6.54 Å². The minimum Gasteiger partial charge on any atom is -0.480 e. The fourth-order valence-electron chi connectivity index (χ4n) is 2.57. The van der Waals surface area contributed by atoms with Crippen molar-refractivity contribution in [2.45, 2.75) is 25.8 Å². The van der Waals surface area contributed by atoms with Gasteiger partial charge in [0.25, 0.3) is 0 Å². The summed E-state index contributed by atoms with van der Waals surface area (Å²) in [5.74, 6) is -1.82. The molecule has 1 aromatic rings. The fraction of sp³-hybridized carbons (Fsp3) is 0.429. The van der Waals surface area contributed by atoms with Gasteiger partial charge in [-0.3, -0.25) is 0 Å². The second-order valence-electron chi connectivity index (χ2n) is 5.15. The van der Waals surface area contributed by atoms with Crippen molar-refractivity contribution in [3.8, 4) is 0 Å². The summed E-state index contributed by atoms with van der Waals surface area (Å²) in [6, 6.07) is 2.27. The quantitative estimate of drug-likeness (QED) is 0.880. The third-order valence-electron chi connectivity index (χ3n) is 3.62. The number of carboxylic acids is 1. The molecule has 0 bridgehead atoms. The summed E-state index contributed by atoms with van der Waals surface area (Å²) < 4.78 is 13.6. The number of hydrogen-bond acceptors (Lipinski definition) is 2. The second-order valence-corrected chi connectivity index (χ2v) is 5.59. The highest BCUT2D eigenvalue weighted by molar-refractivity contribution is 6.30. The summed E-state index contributed by atoms with van der Waals surface area (Å²) in [5, 5.41) is 12.0. The van der Waals surface area contributed by atoms with Crippen LogP contribution in [0, 0.1) is 11.7 Å². The number of rotatable bonds is 2. The molecule has 2 unspecified atom stereocenters. The Morgan fingerprint density at radius 2 is 2.19 bits per heavy atom. The topological polar surface area (TPSA) is 69.6 Å². The van der Waals surface area contributed by atoms with Gasteiger partial charge in [0.05, 0.1) is 5.69 Å². The van der Waals surface area contributed by atoms with Crippen LogP contribution in [0.3, 0.4) is 0 Å². The molecule has 2 atom stereocenters. The maximum atomic E-state index is 13.6. The van der Waals surface area contributed by atoms with E-state index in [1.165, 1.54) is 17.0 Å². The summed E-state index contributed by atoms with van der Waals surface area (Å²) in [5.41, 5.74) is -0.0603. The van der Waals surface area contributed by atoms with Crippen LogP contribution in [0.25, 0.3) is 0 Å².